The third-order valence-electron chi connectivity index (χ3n) is 3.91. The summed E-state index contributed by atoms with van der Waals surface area (Å²) in [4.78, 5) is 11.9. The fraction of sp³-hybridized carbons (Fsp3) is 0.211. The largest absolute Gasteiger partial charge is 0.492 e. The lowest BCUT2D eigenvalue weighted by Gasteiger charge is -2.10. The number of benzene rings is 2. The minimum Gasteiger partial charge on any atom is -0.492 e. The molecule has 1 heterocycles. The maximum absolute atomic E-state index is 11.9. The molecule has 0 amide bonds. The average molecular weight is 293 g/mol. The molecule has 3 nitrogen and oxygen atoms in total. The van der Waals surface area contributed by atoms with Crippen molar-refractivity contribution in [2.24, 2.45) is 0 Å². The van der Waals surface area contributed by atoms with Gasteiger partial charge in [-0.15, -0.1) is 0 Å². The highest BCUT2D eigenvalue weighted by Crippen LogP contribution is 2.26. The Hall–Kier alpha value is -2.55. The molecule has 2 aromatic carbocycles. The maximum Gasteiger partial charge on any atom is 0.162 e. The molecule has 0 saturated carbocycles. The highest BCUT2D eigenvalue weighted by Gasteiger charge is 2.16. The quantitative estimate of drug-likeness (QED) is 0.659. The van der Waals surface area contributed by atoms with Crippen LogP contribution in [0.25, 0.3) is 10.9 Å². The summed E-state index contributed by atoms with van der Waals surface area (Å²) in [7, 11) is 0. The lowest BCUT2D eigenvalue weighted by Crippen LogP contribution is -2.10. The Morgan fingerprint density at radius 1 is 1.05 bits per heavy atom. The Morgan fingerprint density at radius 2 is 1.73 bits per heavy atom. The van der Waals surface area contributed by atoms with Crippen LogP contribution in [0.15, 0.2) is 54.6 Å². The summed E-state index contributed by atoms with van der Waals surface area (Å²) in [5.41, 5.74) is 2.91. The van der Waals surface area contributed by atoms with Gasteiger partial charge < -0.3 is 9.30 Å². The van der Waals surface area contributed by atoms with Gasteiger partial charge >= 0.3 is 0 Å². The highest BCUT2D eigenvalue weighted by atomic mass is 16.5. The zero-order valence-electron chi connectivity index (χ0n) is 12.9. The van der Waals surface area contributed by atoms with Gasteiger partial charge in [0, 0.05) is 22.2 Å². The molecule has 0 fully saturated rings. The van der Waals surface area contributed by atoms with Crippen molar-refractivity contribution in [2.75, 3.05) is 6.61 Å². The third-order valence-corrected chi connectivity index (χ3v) is 3.91. The Kier molecular flexibility index (Phi) is 3.96. The number of nitrogens with zero attached hydrogens (tertiary/aromatic N) is 1. The molecule has 0 N–H and O–H groups in total. The second-order valence-electron chi connectivity index (χ2n) is 5.35. The first kappa shape index (κ1) is 14.4. The number of carbonyl (C=O) groups is 1. The lowest BCUT2D eigenvalue weighted by atomic mass is 10.1. The molecule has 3 rings (SSSR count). The zero-order valence-corrected chi connectivity index (χ0v) is 12.9. The van der Waals surface area contributed by atoms with E-state index in [1.54, 1.807) is 6.92 Å². The van der Waals surface area contributed by atoms with Crippen molar-refractivity contribution in [1.82, 2.24) is 4.57 Å². The molecule has 0 radical (unpaired) electrons. The van der Waals surface area contributed by atoms with Crippen molar-refractivity contribution in [3.63, 3.8) is 0 Å². The minimum atomic E-state index is 0.108. The number of para-hydroxylation sites is 2. The fourth-order valence-corrected chi connectivity index (χ4v) is 2.94. The molecular weight excluding hydrogens is 274 g/mol. The van der Waals surface area contributed by atoms with E-state index in [2.05, 4.69) is 10.6 Å². The van der Waals surface area contributed by atoms with E-state index in [1.807, 2.05) is 55.5 Å². The Labute approximate surface area is 130 Å². The topological polar surface area (TPSA) is 31.2 Å². The maximum atomic E-state index is 11.9. The number of fused-ring (bicyclic) bond motifs is 1. The molecule has 0 unspecified atom stereocenters. The molecule has 0 saturated heterocycles. The predicted octanol–water partition coefficient (Wildman–Crippen LogP) is 4.23. The van der Waals surface area contributed by atoms with E-state index >= 15 is 0 Å². The summed E-state index contributed by atoms with van der Waals surface area (Å²) in [6, 6.07) is 17.8. The average Bonchev–Trinajstić information content (AvgIpc) is 2.81. The fourth-order valence-electron chi connectivity index (χ4n) is 2.94. The first-order chi connectivity index (χ1) is 10.7. The number of ether oxygens (including phenoxy) is 1. The smallest absolute Gasteiger partial charge is 0.162 e. The predicted molar refractivity (Wildman–Crippen MR) is 88.6 cm³/mol. The molecular formula is C19H19NO2. The van der Waals surface area contributed by atoms with Gasteiger partial charge in [-0.05, 0) is 32.0 Å². The monoisotopic (exact) mass is 293 g/mol. The second-order valence-corrected chi connectivity index (χ2v) is 5.35. The number of Topliss-reactive ketones (excluding diaryl/α,β-unsaturated/α-hetero) is 1. The first-order valence-corrected chi connectivity index (χ1v) is 7.45. The number of ketones is 1. The van der Waals surface area contributed by atoms with E-state index in [-0.39, 0.29) is 5.78 Å². The van der Waals surface area contributed by atoms with Crippen LogP contribution in [0.1, 0.15) is 23.0 Å². The van der Waals surface area contributed by atoms with Crippen molar-refractivity contribution < 1.29 is 9.53 Å². The number of hydrogen-bond donors (Lipinski definition) is 0. The third kappa shape index (κ3) is 2.62. The van der Waals surface area contributed by atoms with Crippen LogP contribution < -0.4 is 4.74 Å². The van der Waals surface area contributed by atoms with Gasteiger partial charge in [-0.3, -0.25) is 4.79 Å². The van der Waals surface area contributed by atoms with Crippen molar-refractivity contribution >= 4 is 16.7 Å². The summed E-state index contributed by atoms with van der Waals surface area (Å²) < 4.78 is 7.94. The highest BCUT2D eigenvalue weighted by molar-refractivity contribution is 6.08. The van der Waals surface area contributed by atoms with Crippen molar-refractivity contribution in [3.05, 3.63) is 65.9 Å². The van der Waals surface area contributed by atoms with Gasteiger partial charge in [-0.2, -0.15) is 0 Å². The summed E-state index contributed by atoms with van der Waals surface area (Å²) in [5, 5.41) is 1.02. The van der Waals surface area contributed by atoms with Gasteiger partial charge in [-0.25, -0.2) is 0 Å². The molecule has 0 atom stereocenters. The summed E-state index contributed by atoms with van der Waals surface area (Å²) in [6.45, 7) is 4.91. The molecule has 0 aliphatic heterocycles. The molecule has 3 aromatic rings. The molecule has 22 heavy (non-hydrogen) atoms. The molecule has 3 heteroatoms. The summed E-state index contributed by atoms with van der Waals surface area (Å²) in [6.07, 6.45) is 0. The molecule has 0 bridgehead atoms. The number of aromatic nitrogens is 1. The Bertz CT molecular complexity index is 803. The minimum absolute atomic E-state index is 0.108. The molecule has 0 aliphatic rings. The van der Waals surface area contributed by atoms with Crippen LogP contribution in [0.5, 0.6) is 5.75 Å². The second kappa shape index (κ2) is 6.06. The van der Waals surface area contributed by atoms with E-state index in [0.717, 1.165) is 27.9 Å². The molecule has 112 valence electrons. The van der Waals surface area contributed by atoms with Gasteiger partial charge in [0.05, 0.1) is 6.54 Å². The van der Waals surface area contributed by atoms with Gasteiger partial charge in [0.25, 0.3) is 0 Å². The van der Waals surface area contributed by atoms with Gasteiger partial charge in [0.2, 0.25) is 0 Å². The number of carbonyl (C=O) groups excluding carboxylic acids is 1. The van der Waals surface area contributed by atoms with E-state index in [1.165, 1.54) is 0 Å². The van der Waals surface area contributed by atoms with Crippen LogP contribution in [0, 0.1) is 6.92 Å². The van der Waals surface area contributed by atoms with E-state index in [4.69, 9.17) is 4.74 Å². The standard InChI is InChI=1S/C19H19NO2/c1-14-19(15(2)21)17-10-6-7-11-18(17)20(14)12-13-22-16-8-4-3-5-9-16/h3-11H,12-13H2,1-2H3. The SMILES string of the molecule is CC(=O)c1c(C)n(CCOc2ccccc2)c2ccccc12. The number of rotatable bonds is 5. The van der Waals surface area contributed by atoms with Gasteiger partial charge in [0.1, 0.15) is 12.4 Å². The summed E-state index contributed by atoms with van der Waals surface area (Å²) in [5.74, 6) is 0.972. The van der Waals surface area contributed by atoms with E-state index in [9.17, 15) is 4.79 Å². The van der Waals surface area contributed by atoms with Gasteiger partial charge in [0.15, 0.2) is 5.78 Å². The van der Waals surface area contributed by atoms with E-state index < -0.39 is 0 Å². The van der Waals surface area contributed by atoms with Crippen molar-refractivity contribution in [3.8, 4) is 5.75 Å². The molecule has 0 aliphatic carbocycles. The van der Waals surface area contributed by atoms with Crippen LogP contribution in [0.3, 0.4) is 0 Å². The van der Waals surface area contributed by atoms with Crippen LogP contribution in [-0.4, -0.2) is 17.0 Å². The molecule has 1 aromatic heterocycles. The van der Waals surface area contributed by atoms with Crippen LogP contribution in [0.2, 0.25) is 0 Å². The van der Waals surface area contributed by atoms with Gasteiger partial charge in [-0.1, -0.05) is 36.4 Å². The van der Waals surface area contributed by atoms with Crippen molar-refractivity contribution in [2.45, 2.75) is 20.4 Å². The Morgan fingerprint density at radius 3 is 2.45 bits per heavy atom. The van der Waals surface area contributed by atoms with Crippen LogP contribution >= 0.6 is 0 Å². The van der Waals surface area contributed by atoms with Crippen LogP contribution in [0.4, 0.5) is 0 Å². The van der Waals surface area contributed by atoms with E-state index in [0.29, 0.717) is 13.2 Å². The Balaban J connectivity index is 1.87. The zero-order chi connectivity index (χ0) is 15.5. The first-order valence-electron chi connectivity index (χ1n) is 7.45. The number of hydrogen-bond acceptors (Lipinski definition) is 2. The lowest BCUT2D eigenvalue weighted by molar-refractivity contribution is 0.101. The van der Waals surface area contributed by atoms with Crippen molar-refractivity contribution in [1.29, 1.82) is 0 Å². The molecule has 0 spiro atoms. The summed E-state index contributed by atoms with van der Waals surface area (Å²) >= 11 is 0. The normalized spacial score (nSPS) is 10.8. The van der Waals surface area contributed by atoms with Crippen LogP contribution in [-0.2, 0) is 6.54 Å².